The summed E-state index contributed by atoms with van der Waals surface area (Å²) in [6, 6.07) is 13.2. The van der Waals surface area contributed by atoms with Crippen LogP contribution in [0.5, 0.6) is 5.75 Å². The summed E-state index contributed by atoms with van der Waals surface area (Å²) in [5, 5.41) is 10.9. The van der Waals surface area contributed by atoms with Gasteiger partial charge in [0.2, 0.25) is 5.91 Å². The number of rotatable bonds is 9. The van der Waals surface area contributed by atoms with Gasteiger partial charge in [0.15, 0.2) is 5.82 Å². The molecule has 162 valence electrons. The molecule has 2 aromatic carbocycles. The van der Waals surface area contributed by atoms with E-state index in [-0.39, 0.29) is 41.9 Å². The minimum absolute atomic E-state index is 0.0990. The van der Waals surface area contributed by atoms with E-state index >= 15 is 0 Å². The van der Waals surface area contributed by atoms with Gasteiger partial charge < -0.3 is 15.0 Å². The molecule has 0 spiro atoms. The molecule has 0 fully saturated rings. The van der Waals surface area contributed by atoms with Gasteiger partial charge in [0.05, 0.1) is 0 Å². The molecule has 0 aliphatic carbocycles. The SMILES string of the molecule is CC[C@H](C)NC(=O)CCc1nnc(-c2ccc(OCc3ccc(F)cc3)cc2)[nH]c1=O. The number of nitrogens with one attached hydrogen (secondary N) is 2. The first kappa shape index (κ1) is 22.1. The van der Waals surface area contributed by atoms with Crippen LogP contribution in [-0.2, 0) is 17.8 Å². The van der Waals surface area contributed by atoms with Gasteiger partial charge in [-0.3, -0.25) is 9.59 Å². The molecule has 0 aliphatic heterocycles. The largest absolute Gasteiger partial charge is 0.489 e. The Morgan fingerprint density at radius 1 is 1.13 bits per heavy atom. The van der Waals surface area contributed by atoms with Gasteiger partial charge in [-0.1, -0.05) is 19.1 Å². The summed E-state index contributed by atoms with van der Waals surface area (Å²) >= 11 is 0. The highest BCUT2D eigenvalue weighted by atomic mass is 19.1. The first-order valence-corrected chi connectivity index (χ1v) is 10.2. The van der Waals surface area contributed by atoms with E-state index in [9.17, 15) is 14.0 Å². The van der Waals surface area contributed by atoms with E-state index in [1.54, 1.807) is 36.4 Å². The summed E-state index contributed by atoms with van der Waals surface area (Å²) in [6.45, 7) is 4.23. The maximum absolute atomic E-state index is 13.0. The van der Waals surface area contributed by atoms with Gasteiger partial charge in [-0.15, -0.1) is 10.2 Å². The summed E-state index contributed by atoms with van der Waals surface area (Å²) in [5.74, 6) is 0.564. The molecule has 1 amide bonds. The number of aryl methyl sites for hydroxylation is 1. The Hall–Kier alpha value is -3.55. The lowest BCUT2D eigenvalue weighted by atomic mass is 10.2. The third-order valence-electron chi connectivity index (χ3n) is 4.82. The summed E-state index contributed by atoms with van der Waals surface area (Å²) in [6.07, 6.45) is 1.25. The quantitative estimate of drug-likeness (QED) is 0.549. The molecular formula is C23H25FN4O3. The van der Waals surface area contributed by atoms with Crippen molar-refractivity contribution in [3.05, 3.63) is 76.0 Å². The lowest BCUT2D eigenvalue weighted by Crippen LogP contribution is -2.32. The average molecular weight is 424 g/mol. The molecule has 0 radical (unpaired) electrons. The van der Waals surface area contributed by atoms with Crippen molar-refractivity contribution in [1.82, 2.24) is 20.5 Å². The summed E-state index contributed by atoms with van der Waals surface area (Å²) in [5.41, 5.74) is 1.40. The van der Waals surface area contributed by atoms with Gasteiger partial charge in [-0.2, -0.15) is 0 Å². The molecule has 0 saturated heterocycles. The van der Waals surface area contributed by atoms with E-state index in [2.05, 4.69) is 20.5 Å². The molecule has 7 nitrogen and oxygen atoms in total. The lowest BCUT2D eigenvalue weighted by Gasteiger charge is -2.10. The number of benzene rings is 2. The summed E-state index contributed by atoms with van der Waals surface area (Å²) in [4.78, 5) is 26.9. The Morgan fingerprint density at radius 2 is 1.84 bits per heavy atom. The third-order valence-corrected chi connectivity index (χ3v) is 4.82. The average Bonchev–Trinajstić information content (AvgIpc) is 2.78. The number of nitrogens with zero attached hydrogens (tertiary/aromatic N) is 2. The number of aromatic nitrogens is 3. The third kappa shape index (κ3) is 6.47. The molecule has 1 atom stereocenters. The van der Waals surface area contributed by atoms with Crippen LogP contribution in [0.15, 0.2) is 53.3 Å². The van der Waals surface area contributed by atoms with Crippen molar-refractivity contribution in [2.75, 3.05) is 0 Å². The second-order valence-corrected chi connectivity index (χ2v) is 7.27. The molecule has 0 saturated carbocycles. The van der Waals surface area contributed by atoms with E-state index in [1.165, 1.54) is 12.1 Å². The zero-order chi connectivity index (χ0) is 22.2. The van der Waals surface area contributed by atoms with E-state index in [0.717, 1.165) is 12.0 Å². The second-order valence-electron chi connectivity index (χ2n) is 7.27. The number of H-pyrrole nitrogens is 1. The van der Waals surface area contributed by atoms with Gasteiger partial charge in [-0.05, 0) is 55.3 Å². The molecule has 0 aliphatic rings. The minimum Gasteiger partial charge on any atom is -0.489 e. The van der Waals surface area contributed by atoms with Crippen LogP contribution in [0.1, 0.15) is 37.9 Å². The Balaban J connectivity index is 1.58. The van der Waals surface area contributed by atoms with Gasteiger partial charge in [0.1, 0.15) is 23.9 Å². The number of ether oxygens (including phenoxy) is 1. The van der Waals surface area contributed by atoms with Crippen LogP contribution in [0.4, 0.5) is 4.39 Å². The maximum atomic E-state index is 13.0. The fourth-order valence-electron chi connectivity index (χ4n) is 2.79. The van der Waals surface area contributed by atoms with Crippen LogP contribution in [0.25, 0.3) is 11.4 Å². The van der Waals surface area contributed by atoms with Crippen molar-refractivity contribution < 1.29 is 13.9 Å². The van der Waals surface area contributed by atoms with Crippen molar-refractivity contribution in [3.8, 4) is 17.1 Å². The molecule has 1 aromatic heterocycles. The van der Waals surface area contributed by atoms with Gasteiger partial charge in [-0.25, -0.2) is 4.39 Å². The highest BCUT2D eigenvalue weighted by Crippen LogP contribution is 2.19. The Morgan fingerprint density at radius 3 is 2.48 bits per heavy atom. The van der Waals surface area contributed by atoms with E-state index < -0.39 is 0 Å². The Bertz CT molecular complexity index is 1070. The highest BCUT2D eigenvalue weighted by Gasteiger charge is 2.11. The number of halogens is 1. The van der Waals surface area contributed by atoms with Crippen LogP contribution < -0.4 is 15.6 Å². The van der Waals surface area contributed by atoms with Gasteiger partial charge >= 0.3 is 0 Å². The molecule has 3 rings (SSSR count). The molecule has 1 heterocycles. The number of carbonyl (C=O) groups is 1. The fourth-order valence-corrected chi connectivity index (χ4v) is 2.79. The van der Waals surface area contributed by atoms with Crippen molar-refractivity contribution in [3.63, 3.8) is 0 Å². The monoisotopic (exact) mass is 424 g/mol. The molecule has 8 heteroatoms. The van der Waals surface area contributed by atoms with Crippen LogP contribution in [0.3, 0.4) is 0 Å². The van der Waals surface area contributed by atoms with Crippen molar-refractivity contribution >= 4 is 5.91 Å². The Labute approximate surface area is 179 Å². The van der Waals surface area contributed by atoms with Crippen molar-refractivity contribution in [2.24, 2.45) is 0 Å². The normalized spacial score (nSPS) is 11.7. The van der Waals surface area contributed by atoms with E-state index in [4.69, 9.17) is 4.74 Å². The predicted octanol–water partition coefficient (Wildman–Crippen LogP) is 3.40. The summed E-state index contributed by atoms with van der Waals surface area (Å²) < 4.78 is 18.6. The van der Waals surface area contributed by atoms with Gasteiger partial charge in [0.25, 0.3) is 5.56 Å². The molecule has 2 N–H and O–H groups in total. The number of carbonyl (C=O) groups excluding carboxylic acids is 1. The minimum atomic E-state index is -0.363. The van der Waals surface area contributed by atoms with Crippen LogP contribution in [0.2, 0.25) is 0 Å². The molecule has 0 unspecified atom stereocenters. The van der Waals surface area contributed by atoms with Crippen LogP contribution >= 0.6 is 0 Å². The molecule has 0 bridgehead atoms. The van der Waals surface area contributed by atoms with E-state index in [0.29, 0.717) is 23.7 Å². The lowest BCUT2D eigenvalue weighted by molar-refractivity contribution is -0.121. The van der Waals surface area contributed by atoms with Crippen molar-refractivity contribution in [1.29, 1.82) is 0 Å². The number of hydrogen-bond donors (Lipinski definition) is 2. The zero-order valence-electron chi connectivity index (χ0n) is 17.5. The number of amides is 1. The topological polar surface area (TPSA) is 97.0 Å². The number of hydrogen-bond acceptors (Lipinski definition) is 5. The van der Waals surface area contributed by atoms with Crippen LogP contribution in [0, 0.1) is 5.82 Å². The van der Waals surface area contributed by atoms with Crippen LogP contribution in [-0.4, -0.2) is 27.1 Å². The maximum Gasteiger partial charge on any atom is 0.273 e. The Kier molecular flexibility index (Phi) is 7.48. The fraction of sp³-hybridized carbons (Fsp3) is 0.304. The zero-order valence-corrected chi connectivity index (χ0v) is 17.5. The van der Waals surface area contributed by atoms with Gasteiger partial charge in [0, 0.05) is 24.4 Å². The molecule has 3 aromatic rings. The second kappa shape index (κ2) is 10.5. The van der Waals surface area contributed by atoms with Crippen molar-refractivity contribution in [2.45, 2.75) is 45.8 Å². The highest BCUT2D eigenvalue weighted by molar-refractivity contribution is 5.76. The predicted molar refractivity (Wildman–Crippen MR) is 115 cm³/mol. The molecular weight excluding hydrogens is 399 g/mol. The first-order valence-electron chi connectivity index (χ1n) is 10.2. The first-order chi connectivity index (χ1) is 14.9. The summed E-state index contributed by atoms with van der Waals surface area (Å²) in [7, 11) is 0. The number of aromatic amines is 1. The molecule has 31 heavy (non-hydrogen) atoms. The smallest absolute Gasteiger partial charge is 0.273 e. The standard InChI is InChI=1S/C23H25FN4O3/c1-3-15(2)25-21(29)13-12-20-23(30)26-22(28-27-20)17-6-10-19(11-7-17)31-14-16-4-8-18(24)9-5-16/h4-11,15H,3,12-14H2,1-2H3,(H,25,29)(H,26,28,30)/t15-/m0/s1. The van der Waals surface area contributed by atoms with E-state index in [1.807, 2.05) is 13.8 Å².